The van der Waals surface area contributed by atoms with Gasteiger partial charge in [-0.15, -0.1) is 0 Å². The third-order valence-electron chi connectivity index (χ3n) is 3.29. The van der Waals surface area contributed by atoms with Gasteiger partial charge in [0, 0.05) is 10.6 Å². The number of aryl methyl sites for hydroxylation is 1. The molecule has 2 aromatic carbocycles. The molecule has 0 saturated carbocycles. The number of rotatable bonds is 4. The third kappa shape index (κ3) is 3.34. The second-order valence-corrected chi connectivity index (χ2v) is 7.58. The molecule has 0 bridgehead atoms. The van der Waals surface area contributed by atoms with Gasteiger partial charge in [0.1, 0.15) is 5.25 Å². The molecule has 0 aliphatic rings. The van der Waals surface area contributed by atoms with Crippen molar-refractivity contribution >= 4 is 27.2 Å². The predicted octanol–water partition coefficient (Wildman–Crippen LogP) is 3.69. The molecule has 0 saturated heterocycles. The number of ketones is 1. The Balaban J connectivity index is 2.36. The number of hydrogen-bond donors (Lipinski definition) is 0. The topological polar surface area (TPSA) is 51.2 Å². The first kappa shape index (κ1) is 15.7. The summed E-state index contributed by atoms with van der Waals surface area (Å²) in [5.74, 6) is -0.460. The van der Waals surface area contributed by atoms with Gasteiger partial charge in [-0.2, -0.15) is 0 Å². The molecule has 0 N–H and O–H groups in total. The Kier molecular flexibility index (Phi) is 4.49. The molecule has 0 aliphatic heterocycles. The van der Waals surface area contributed by atoms with Crippen molar-refractivity contribution in [3.05, 3.63) is 64.7 Å². The van der Waals surface area contributed by atoms with Gasteiger partial charge in [0.2, 0.25) is 0 Å². The van der Waals surface area contributed by atoms with Crippen molar-refractivity contribution in [2.24, 2.45) is 0 Å². The third-order valence-corrected chi connectivity index (χ3v) is 5.60. The smallest absolute Gasteiger partial charge is 0.188 e. The van der Waals surface area contributed by atoms with Crippen molar-refractivity contribution in [1.82, 2.24) is 0 Å². The molecule has 0 spiro atoms. The first-order chi connectivity index (χ1) is 9.82. The van der Waals surface area contributed by atoms with E-state index in [1.54, 1.807) is 30.3 Å². The summed E-state index contributed by atoms with van der Waals surface area (Å²) in [6.45, 7) is 3.27. The van der Waals surface area contributed by atoms with Crippen molar-refractivity contribution in [1.29, 1.82) is 0 Å². The van der Waals surface area contributed by atoms with Gasteiger partial charge < -0.3 is 0 Å². The summed E-state index contributed by atoms with van der Waals surface area (Å²) in [4.78, 5) is 12.5. The molecule has 0 amide bonds. The molecule has 1 atom stereocenters. The Hall–Kier alpha value is -1.65. The maximum absolute atomic E-state index is 12.5. The number of Topliss-reactive ketones (excluding diaryl/α,β-unsaturated/α-hetero) is 1. The summed E-state index contributed by atoms with van der Waals surface area (Å²) in [6.07, 6.45) is 0. The van der Waals surface area contributed by atoms with Crippen LogP contribution in [0, 0.1) is 6.92 Å². The highest BCUT2D eigenvalue weighted by Gasteiger charge is 2.30. The van der Waals surface area contributed by atoms with Crippen molar-refractivity contribution in [2.45, 2.75) is 24.0 Å². The molecule has 21 heavy (non-hydrogen) atoms. The molecular weight excluding hydrogens is 308 g/mol. The average molecular weight is 323 g/mol. The minimum Gasteiger partial charge on any atom is -0.293 e. The van der Waals surface area contributed by atoms with Gasteiger partial charge in [-0.05, 0) is 38.1 Å². The Morgan fingerprint density at radius 2 is 1.71 bits per heavy atom. The van der Waals surface area contributed by atoms with E-state index in [4.69, 9.17) is 11.6 Å². The van der Waals surface area contributed by atoms with E-state index in [-0.39, 0.29) is 4.90 Å². The van der Waals surface area contributed by atoms with Crippen LogP contribution in [-0.4, -0.2) is 19.5 Å². The fraction of sp³-hybridized carbons (Fsp3) is 0.188. The minimum absolute atomic E-state index is 0.149. The molecule has 1 unspecified atom stereocenters. The number of carbonyl (C=O) groups excluding carboxylic acids is 1. The van der Waals surface area contributed by atoms with Gasteiger partial charge in [-0.25, -0.2) is 8.42 Å². The lowest BCUT2D eigenvalue weighted by molar-refractivity contribution is 0.0991. The largest absolute Gasteiger partial charge is 0.293 e. The van der Waals surface area contributed by atoms with Gasteiger partial charge >= 0.3 is 0 Å². The van der Waals surface area contributed by atoms with Crippen LogP contribution in [0.1, 0.15) is 22.8 Å². The van der Waals surface area contributed by atoms with Gasteiger partial charge in [-0.1, -0.05) is 41.4 Å². The van der Waals surface area contributed by atoms with E-state index < -0.39 is 20.9 Å². The molecule has 0 heterocycles. The minimum atomic E-state index is -3.71. The molecule has 0 aromatic heterocycles. The molecule has 3 nitrogen and oxygen atoms in total. The fourth-order valence-electron chi connectivity index (χ4n) is 1.95. The van der Waals surface area contributed by atoms with Crippen LogP contribution < -0.4 is 0 Å². The van der Waals surface area contributed by atoms with Crippen LogP contribution in [0.2, 0.25) is 5.02 Å². The summed E-state index contributed by atoms with van der Waals surface area (Å²) < 4.78 is 25.0. The van der Waals surface area contributed by atoms with Crippen molar-refractivity contribution in [2.75, 3.05) is 0 Å². The Labute approximate surface area is 129 Å². The molecule has 0 radical (unpaired) electrons. The van der Waals surface area contributed by atoms with E-state index in [9.17, 15) is 13.2 Å². The first-order valence-electron chi connectivity index (χ1n) is 6.43. The van der Waals surface area contributed by atoms with Crippen LogP contribution in [0.25, 0.3) is 0 Å². The second kappa shape index (κ2) is 6.00. The lowest BCUT2D eigenvalue weighted by Gasteiger charge is -2.12. The van der Waals surface area contributed by atoms with Crippen LogP contribution >= 0.6 is 11.6 Å². The van der Waals surface area contributed by atoms with Crippen LogP contribution in [0.15, 0.2) is 53.4 Å². The van der Waals surface area contributed by atoms with Crippen LogP contribution in [0.4, 0.5) is 0 Å². The van der Waals surface area contributed by atoms with E-state index in [0.29, 0.717) is 10.6 Å². The maximum atomic E-state index is 12.5. The molecule has 110 valence electrons. The Bertz CT molecular complexity index is 764. The van der Waals surface area contributed by atoms with E-state index in [2.05, 4.69) is 0 Å². The van der Waals surface area contributed by atoms with Gasteiger partial charge in [0.05, 0.1) is 4.90 Å². The molecule has 0 fully saturated rings. The quantitative estimate of drug-likeness (QED) is 0.807. The van der Waals surface area contributed by atoms with Crippen LogP contribution in [0.3, 0.4) is 0 Å². The highest BCUT2D eigenvalue weighted by molar-refractivity contribution is 7.92. The van der Waals surface area contributed by atoms with E-state index in [1.165, 1.54) is 25.1 Å². The molecule has 5 heteroatoms. The Morgan fingerprint density at radius 1 is 1.10 bits per heavy atom. The highest BCUT2D eigenvalue weighted by atomic mass is 35.5. The molecule has 0 aliphatic carbocycles. The summed E-state index contributed by atoms with van der Waals surface area (Å²) in [5, 5.41) is -0.751. The van der Waals surface area contributed by atoms with Gasteiger partial charge in [0.25, 0.3) is 0 Å². The number of halogens is 1. The molecule has 2 aromatic rings. The molecule has 2 rings (SSSR count). The Morgan fingerprint density at radius 3 is 2.29 bits per heavy atom. The maximum Gasteiger partial charge on any atom is 0.188 e. The standard InChI is InChI=1S/C16H15ClO3S/c1-11-6-8-15(9-7-11)21(19,20)12(2)16(18)13-4-3-5-14(17)10-13/h3-10,12H,1-2H3. The van der Waals surface area contributed by atoms with E-state index in [0.717, 1.165) is 5.56 Å². The van der Waals surface area contributed by atoms with Crippen LogP contribution in [-0.2, 0) is 9.84 Å². The normalized spacial score (nSPS) is 12.9. The summed E-state index contributed by atoms with van der Waals surface area (Å²) in [6, 6.07) is 12.8. The van der Waals surface area contributed by atoms with Crippen LogP contribution in [0.5, 0.6) is 0 Å². The zero-order valence-corrected chi connectivity index (χ0v) is 13.3. The molecular formula is C16H15ClO3S. The lowest BCUT2D eigenvalue weighted by atomic mass is 10.1. The second-order valence-electron chi connectivity index (χ2n) is 4.87. The summed E-state index contributed by atoms with van der Waals surface area (Å²) in [5.41, 5.74) is 1.26. The fourth-order valence-corrected chi connectivity index (χ4v) is 3.48. The number of sulfone groups is 1. The highest BCUT2D eigenvalue weighted by Crippen LogP contribution is 2.21. The van der Waals surface area contributed by atoms with E-state index >= 15 is 0 Å². The number of hydrogen-bond acceptors (Lipinski definition) is 3. The lowest BCUT2D eigenvalue weighted by Crippen LogP contribution is -2.27. The van der Waals surface area contributed by atoms with Crippen molar-refractivity contribution < 1.29 is 13.2 Å². The predicted molar refractivity (Wildman–Crippen MR) is 83.6 cm³/mol. The number of carbonyl (C=O) groups is 1. The van der Waals surface area contributed by atoms with Crippen molar-refractivity contribution in [3.8, 4) is 0 Å². The van der Waals surface area contributed by atoms with Gasteiger partial charge in [-0.3, -0.25) is 4.79 Å². The number of benzene rings is 2. The summed E-state index contributed by atoms with van der Waals surface area (Å²) >= 11 is 5.84. The zero-order valence-electron chi connectivity index (χ0n) is 11.7. The SMILES string of the molecule is Cc1ccc(S(=O)(=O)C(C)C(=O)c2cccc(Cl)c2)cc1. The zero-order chi connectivity index (χ0) is 15.6. The summed E-state index contributed by atoms with van der Waals surface area (Å²) in [7, 11) is -3.71. The van der Waals surface area contributed by atoms with Gasteiger partial charge in [0.15, 0.2) is 15.6 Å². The average Bonchev–Trinajstić information content (AvgIpc) is 2.46. The monoisotopic (exact) mass is 322 g/mol. The first-order valence-corrected chi connectivity index (χ1v) is 8.35. The van der Waals surface area contributed by atoms with E-state index in [1.807, 2.05) is 6.92 Å². The van der Waals surface area contributed by atoms with Crippen molar-refractivity contribution in [3.63, 3.8) is 0 Å².